The Hall–Kier alpha value is -0.870. The second-order valence-electron chi connectivity index (χ2n) is 3.38. The molecule has 78 valence electrons. The molecule has 0 aromatic carbocycles. The number of amides is 1. The number of rotatable bonds is 4. The van der Waals surface area contributed by atoms with Crippen molar-refractivity contribution >= 4 is 17.2 Å². The fourth-order valence-corrected chi connectivity index (χ4v) is 1.72. The van der Waals surface area contributed by atoms with Gasteiger partial charge in [-0.1, -0.05) is 0 Å². The van der Waals surface area contributed by atoms with Gasteiger partial charge in [0.25, 0.3) is 5.91 Å². The van der Waals surface area contributed by atoms with E-state index >= 15 is 0 Å². The maximum Gasteiger partial charge on any atom is 0.254 e. The molecule has 0 saturated heterocycles. The van der Waals surface area contributed by atoms with Crippen molar-refractivity contribution in [1.29, 1.82) is 0 Å². The summed E-state index contributed by atoms with van der Waals surface area (Å²) in [4.78, 5) is 13.3. The van der Waals surface area contributed by atoms with Gasteiger partial charge in [-0.2, -0.15) is 11.3 Å². The summed E-state index contributed by atoms with van der Waals surface area (Å²) < 4.78 is 0. The summed E-state index contributed by atoms with van der Waals surface area (Å²) in [6, 6.07) is 1.81. The van der Waals surface area contributed by atoms with Crippen molar-refractivity contribution in [1.82, 2.24) is 4.90 Å². The molecular formula is C10H15NO2S. The maximum atomic E-state index is 11.7. The van der Waals surface area contributed by atoms with E-state index in [0.29, 0.717) is 13.0 Å². The van der Waals surface area contributed by atoms with Crippen LogP contribution < -0.4 is 0 Å². The van der Waals surface area contributed by atoms with Gasteiger partial charge < -0.3 is 10.0 Å². The molecule has 0 aliphatic carbocycles. The van der Waals surface area contributed by atoms with Crippen LogP contribution >= 0.6 is 11.3 Å². The molecule has 0 fully saturated rings. The number of carbonyl (C=O) groups excluding carboxylic acids is 1. The van der Waals surface area contributed by atoms with Crippen LogP contribution in [0.25, 0.3) is 0 Å². The Morgan fingerprint density at radius 1 is 1.71 bits per heavy atom. The number of nitrogens with zero attached hydrogens (tertiary/aromatic N) is 1. The Bertz CT molecular complexity index is 282. The topological polar surface area (TPSA) is 40.5 Å². The van der Waals surface area contributed by atoms with Crippen LogP contribution in [0.3, 0.4) is 0 Å². The molecule has 0 bridgehead atoms. The predicted molar refractivity (Wildman–Crippen MR) is 57.6 cm³/mol. The second-order valence-corrected chi connectivity index (χ2v) is 4.16. The van der Waals surface area contributed by atoms with Crippen molar-refractivity contribution < 1.29 is 9.90 Å². The molecule has 0 spiro atoms. The van der Waals surface area contributed by atoms with E-state index in [4.69, 9.17) is 5.11 Å². The molecule has 1 rings (SSSR count). The van der Waals surface area contributed by atoms with Gasteiger partial charge in [0.1, 0.15) is 0 Å². The molecule has 1 N–H and O–H groups in total. The number of hydrogen-bond acceptors (Lipinski definition) is 3. The van der Waals surface area contributed by atoms with Gasteiger partial charge >= 0.3 is 0 Å². The van der Waals surface area contributed by atoms with E-state index in [2.05, 4.69) is 0 Å². The molecule has 0 saturated carbocycles. The Labute approximate surface area is 88.0 Å². The van der Waals surface area contributed by atoms with Gasteiger partial charge in [0.05, 0.1) is 11.7 Å². The fraction of sp³-hybridized carbons (Fsp3) is 0.500. The summed E-state index contributed by atoms with van der Waals surface area (Å²) in [5.41, 5.74) is 0.725. The number of aliphatic hydroxyl groups excluding tert-OH is 1. The lowest BCUT2D eigenvalue weighted by atomic mass is 10.2. The Balaban J connectivity index is 2.45. The summed E-state index contributed by atoms with van der Waals surface area (Å²) in [7, 11) is 1.75. The highest BCUT2D eigenvalue weighted by Gasteiger charge is 2.11. The first-order chi connectivity index (χ1) is 6.61. The third-order valence-electron chi connectivity index (χ3n) is 2.00. The van der Waals surface area contributed by atoms with E-state index in [0.717, 1.165) is 5.56 Å². The summed E-state index contributed by atoms with van der Waals surface area (Å²) in [6.45, 7) is 2.31. The Kier molecular flexibility index (Phi) is 4.10. The summed E-state index contributed by atoms with van der Waals surface area (Å²) in [6.07, 6.45) is 0.263. The van der Waals surface area contributed by atoms with Crippen LogP contribution in [-0.4, -0.2) is 35.6 Å². The van der Waals surface area contributed by atoms with Crippen LogP contribution in [0.1, 0.15) is 23.7 Å². The van der Waals surface area contributed by atoms with E-state index in [1.807, 2.05) is 16.8 Å². The molecule has 1 amide bonds. The number of hydrogen-bond donors (Lipinski definition) is 1. The molecule has 0 aliphatic rings. The van der Waals surface area contributed by atoms with E-state index in [-0.39, 0.29) is 12.0 Å². The lowest BCUT2D eigenvalue weighted by Crippen LogP contribution is -2.29. The quantitative estimate of drug-likeness (QED) is 0.825. The highest BCUT2D eigenvalue weighted by molar-refractivity contribution is 7.08. The number of aliphatic hydroxyl groups is 1. The highest BCUT2D eigenvalue weighted by Crippen LogP contribution is 2.09. The molecule has 4 heteroatoms. The van der Waals surface area contributed by atoms with Gasteiger partial charge in [0.2, 0.25) is 0 Å². The average molecular weight is 213 g/mol. The maximum absolute atomic E-state index is 11.7. The molecule has 0 aliphatic heterocycles. The number of carbonyl (C=O) groups is 1. The van der Waals surface area contributed by atoms with Crippen molar-refractivity contribution in [2.45, 2.75) is 19.4 Å². The van der Waals surface area contributed by atoms with E-state index in [1.54, 1.807) is 18.9 Å². The van der Waals surface area contributed by atoms with Crippen LogP contribution in [0.15, 0.2) is 16.8 Å². The third kappa shape index (κ3) is 3.12. The minimum absolute atomic E-state index is 0.0203. The van der Waals surface area contributed by atoms with E-state index in [1.165, 1.54) is 11.3 Å². The number of thiophene rings is 1. The minimum atomic E-state index is -0.354. The fourth-order valence-electron chi connectivity index (χ4n) is 1.09. The minimum Gasteiger partial charge on any atom is -0.393 e. The molecule has 14 heavy (non-hydrogen) atoms. The lowest BCUT2D eigenvalue weighted by molar-refractivity contribution is 0.0769. The van der Waals surface area contributed by atoms with Crippen LogP contribution in [0, 0.1) is 0 Å². The third-order valence-corrected chi connectivity index (χ3v) is 2.68. The first-order valence-corrected chi connectivity index (χ1v) is 5.51. The van der Waals surface area contributed by atoms with Crippen molar-refractivity contribution in [2.75, 3.05) is 13.6 Å². The first-order valence-electron chi connectivity index (χ1n) is 4.57. The largest absolute Gasteiger partial charge is 0.393 e. The van der Waals surface area contributed by atoms with Crippen LogP contribution in [0.2, 0.25) is 0 Å². The molecule has 1 unspecified atom stereocenters. The standard InChI is InChI=1S/C10H15NO2S/c1-8(12)3-5-11(2)10(13)9-4-6-14-7-9/h4,6-8,12H,3,5H2,1-2H3. The predicted octanol–water partition coefficient (Wildman–Crippen LogP) is 1.59. The Morgan fingerprint density at radius 2 is 2.43 bits per heavy atom. The average Bonchev–Trinajstić information content (AvgIpc) is 2.65. The molecule has 1 aromatic rings. The van der Waals surface area contributed by atoms with Gasteiger partial charge in [0.15, 0.2) is 0 Å². The summed E-state index contributed by atoms with van der Waals surface area (Å²) >= 11 is 1.51. The van der Waals surface area contributed by atoms with Gasteiger partial charge in [-0.05, 0) is 24.8 Å². The molecule has 1 aromatic heterocycles. The molecule has 0 radical (unpaired) electrons. The van der Waals surface area contributed by atoms with E-state index < -0.39 is 0 Å². The monoisotopic (exact) mass is 213 g/mol. The van der Waals surface area contributed by atoms with Crippen molar-refractivity contribution in [2.24, 2.45) is 0 Å². The first kappa shape index (κ1) is 11.2. The zero-order valence-corrected chi connectivity index (χ0v) is 9.25. The van der Waals surface area contributed by atoms with Crippen LogP contribution in [0.4, 0.5) is 0 Å². The molecule has 3 nitrogen and oxygen atoms in total. The summed E-state index contributed by atoms with van der Waals surface area (Å²) in [5, 5.41) is 12.8. The zero-order valence-electron chi connectivity index (χ0n) is 8.43. The molecule has 1 atom stereocenters. The molecular weight excluding hydrogens is 198 g/mol. The van der Waals surface area contributed by atoms with Crippen LogP contribution in [0.5, 0.6) is 0 Å². The SMILES string of the molecule is CC(O)CCN(C)C(=O)c1ccsc1. The second kappa shape index (κ2) is 5.12. The van der Waals surface area contributed by atoms with Gasteiger partial charge in [-0.25, -0.2) is 0 Å². The van der Waals surface area contributed by atoms with Crippen LogP contribution in [-0.2, 0) is 0 Å². The molecule has 1 heterocycles. The van der Waals surface area contributed by atoms with Crippen molar-refractivity contribution in [3.05, 3.63) is 22.4 Å². The van der Waals surface area contributed by atoms with Crippen molar-refractivity contribution in [3.63, 3.8) is 0 Å². The van der Waals surface area contributed by atoms with E-state index in [9.17, 15) is 4.79 Å². The van der Waals surface area contributed by atoms with Gasteiger partial charge in [-0.3, -0.25) is 4.79 Å². The summed E-state index contributed by atoms with van der Waals surface area (Å²) in [5.74, 6) is 0.0203. The highest BCUT2D eigenvalue weighted by atomic mass is 32.1. The van der Waals surface area contributed by atoms with Gasteiger partial charge in [-0.15, -0.1) is 0 Å². The smallest absolute Gasteiger partial charge is 0.254 e. The van der Waals surface area contributed by atoms with Crippen molar-refractivity contribution in [3.8, 4) is 0 Å². The zero-order chi connectivity index (χ0) is 10.6. The Morgan fingerprint density at radius 3 is 2.93 bits per heavy atom. The lowest BCUT2D eigenvalue weighted by Gasteiger charge is -2.17. The normalized spacial score (nSPS) is 12.5. The van der Waals surface area contributed by atoms with Gasteiger partial charge in [0, 0.05) is 19.0 Å².